The molecule has 224 valence electrons. The third kappa shape index (κ3) is 4.85. The number of rotatable bonds is 4. The Balaban J connectivity index is 0.00000111. The van der Waals surface area contributed by atoms with Gasteiger partial charge in [0.1, 0.15) is 5.82 Å². The van der Waals surface area contributed by atoms with Crippen molar-refractivity contribution in [1.82, 2.24) is 18.9 Å². The minimum Gasteiger partial charge on any atom is -0.503 e. The fourth-order valence-corrected chi connectivity index (χ4v) is 6.17. The van der Waals surface area contributed by atoms with Gasteiger partial charge in [0, 0.05) is 41.1 Å². The van der Waals surface area contributed by atoms with Crippen LogP contribution in [0, 0.1) is 12.1 Å². The van der Waals surface area contributed by atoms with Crippen LogP contribution in [-0.4, -0.2) is 18.9 Å². The van der Waals surface area contributed by atoms with Crippen LogP contribution in [0.1, 0.15) is 13.8 Å². The van der Waals surface area contributed by atoms with Gasteiger partial charge in [0.05, 0.1) is 5.65 Å². The summed E-state index contributed by atoms with van der Waals surface area (Å²) in [4.78, 5) is 9.32. The van der Waals surface area contributed by atoms with Gasteiger partial charge in [0.15, 0.2) is 0 Å². The predicted octanol–water partition coefficient (Wildman–Crippen LogP) is 10.2. The van der Waals surface area contributed by atoms with Crippen molar-refractivity contribution in [2.45, 2.75) is 13.8 Å². The molecule has 0 saturated carbocycles. The summed E-state index contributed by atoms with van der Waals surface area (Å²) in [6, 6.07) is 46.5. The van der Waals surface area contributed by atoms with Gasteiger partial charge in [-0.1, -0.05) is 103 Å². The average Bonchev–Trinajstić information content (AvgIpc) is 3.73. The van der Waals surface area contributed by atoms with E-state index in [0.29, 0.717) is 11.5 Å². The van der Waals surface area contributed by atoms with Crippen molar-refractivity contribution in [3.63, 3.8) is 0 Å². The van der Waals surface area contributed by atoms with E-state index in [1.54, 1.807) is 0 Å². The number of fused-ring (bicyclic) bond motifs is 9. The van der Waals surface area contributed by atoms with Crippen molar-refractivity contribution in [3.05, 3.63) is 146 Å². The summed E-state index contributed by atoms with van der Waals surface area (Å²) in [5.74, 6) is 2.05. The zero-order valence-electron chi connectivity index (χ0n) is 25.2. The van der Waals surface area contributed by atoms with Gasteiger partial charge in [-0.15, -0.1) is 29.7 Å². The second-order valence-electron chi connectivity index (χ2n) is 10.6. The molecule has 9 aromatic rings. The molecule has 0 saturated heterocycles. The molecule has 0 N–H and O–H groups in total. The van der Waals surface area contributed by atoms with Gasteiger partial charge in [-0.05, 0) is 46.2 Å². The summed E-state index contributed by atoms with van der Waals surface area (Å²) >= 11 is 0. The predicted molar refractivity (Wildman–Crippen MR) is 183 cm³/mol. The SMILES string of the molecule is CC.[Pt+2].[c-]1c(Oc2[c-]c3c(cc2)c2ccccc2n3-c2ccccn2)ccc2c1c1nccn1c1ccc(-c3ccccc3)cc21. The van der Waals surface area contributed by atoms with Gasteiger partial charge in [0.25, 0.3) is 0 Å². The summed E-state index contributed by atoms with van der Waals surface area (Å²) in [6.45, 7) is 4.00. The van der Waals surface area contributed by atoms with Crippen molar-refractivity contribution in [1.29, 1.82) is 0 Å². The third-order valence-electron chi connectivity index (χ3n) is 8.09. The molecule has 0 aliphatic carbocycles. The standard InChI is InChI=1S/C38H22N4O.C2H6.Pt/c1-2-8-25(9-3-1)26-13-18-34-32(22-26)29-16-14-27(23-33(29)38-40-20-21-41(34)38)43-28-15-17-31-30-10-4-5-11-35(30)42(36(31)24-28)37-12-6-7-19-39-37;1-2;/h1-22H;1-2H3;/q-2;;+2. The van der Waals surface area contributed by atoms with Crippen LogP contribution in [0.4, 0.5) is 0 Å². The normalized spacial score (nSPS) is 11.1. The van der Waals surface area contributed by atoms with Crippen molar-refractivity contribution < 1.29 is 25.8 Å². The Labute approximate surface area is 281 Å². The van der Waals surface area contributed by atoms with Crippen LogP contribution in [0.2, 0.25) is 0 Å². The number of ether oxygens (including phenoxy) is 1. The van der Waals surface area contributed by atoms with E-state index in [-0.39, 0.29) is 21.1 Å². The fraction of sp³-hybridized carbons (Fsp3) is 0.0500. The molecule has 4 heterocycles. The maximum atomic E-state index is 6.43. The Hall–Kier alpha value is -5.25. The Morgan fingerprint density at radius 3 is 2.17 bits per heavy atom. The van der Waals surface area contributed by atoms with Crippen LogP contribution in [0.15, 0.2) is 134 Å². The Morgan fingerprint density at radius 2 is 1.35 bits per heavy atom. The van der Waals surface area contributed by atoms with E-state index in [0.717, 1.165) is 54.9 Å². The quantitative estimate of drug-likeness (QED) is 0.132. The van der Waals surface area contributed by atoms with E-state index in [4.69, 9.17) is 9.72 Å². The molecular weight excluding hydrogens is 748 g/mol. The Morgan fingerprint density at radius 1 is 0.587 bits per heavy atom. The summed E-state index contributed by atoms with van der Waals surface area (Å²) in [5.41, 5.74) is 6.28. The monoisotopic (exact) mass is 775 g/mol. The molecule has 0 aliphatic heterocycles. The molecule has 0 bridgehead atoms. The van der Waals surface area contributed by atoms with Gasteiger partial charge in [-0.2, -0.15) is 6.07 Å². The van der Waals surface area contributed by atoms with Gasteiger partial charge in [-0.25, -0.2) is 4.98 Å². The van der Waals surface area contributed by atoms with Crippen molar-refractivity contribution in [2.24, 2.45) is 0 Å². The van der Waals surface area contributed by atoms with Crippen molar-refractivity contribution in [2.75, 3.05) is 0 Å². The first-order valence-electron chi connectivity index (χ1n) is 15.2. The molecule has 0 unspecified atom stereocenters. The van der Waals surface area contributed by atoms with Gasteiger partial charge >= 0.3 is 21.1 Å². The molecule has 0 aliphatic rings. The fourth-order valence-electron chi connectivity index (χ4n) is 6.17. The molecule has 4 aromatic heterocycles. The molecule has 0 radical (unpaired) electrons. The van der Waals surface area contributed by atoms with Crippen LogP contribution in [0.5, 0.6) is 11.5 Å². The Kier molecular flexibility index (Phi) is 7.86. The number of aromatic nitrogens is 4. The average molecular weight is 776 g/mol. The molecule has 0 spiro atoms. The van der Waals surface area contributed by atoms with Crippen molar-refractivity contribution in [3.8, 4) is 28.4 Å². The number of hydrogen-bond acceptors (Lipinski definition) is 3. The van der Waals surface area contributed by atoms with E-state index < -0.39 is 0 Å². The second-order valence-corrected chi connectivity index (χ2v) is 10.6. The molecule has 46 heavy (non-hydrogen) atoms. The first-order valence-corrected chi connectivity index (χ1v) is 15.2. The first-order chi connectivity index (χ1) is 22.3. The zero-order chi connectivity index (χ0) is 30.3. The van der Waals surface area contributed by atoms with Crippen LogP contribution in [0.3, 0.4) is 0 Å². The summed E-state index contributed by atoms with van der Waals surface area (Å²) < 4.78 is 10.7. The van der Waals surface area contributed by atoms with Crippen LogP contribution < -0.4 is 4.74 Å². The largest absolute Gasteiger partial charge is 2.00 e. The minimum atomic E-state index is 0. The maximum Gasteiger partial charge on any atom is 2.00 e. The number of imidazole rings is 1. The third-order valence-corrected chi connectivity index (χ3v) is 8.09. The van der Waals surface area contributed by atoms with Crippen LogP contribution in [-0.2, 0) is 21.1 Å². The van der Waals surface area contributed by atoms with E-state index >= 15 is 0 Å². The van der Waals surface area contributed by atoms with E-state index in [1.807, 2.05) is 74.9 Å². The van der Waals surface area contributed by atoms with Gasteiger partial charge in [0.2, 0.25) is 0 Å². The molecule has 6 heteroatoms. The molecular formula is C40H28N4OPt. The number of pyridine rings is 2. The maximum absolute atomic E-state index is 6.43. The van der Waals surface area contributed by atoms with Gasteiger partial charge in [-0.3, -0.25) is 4.98 Å². The molecule has 0 atom stereocenters. The van der Waals surface area contributed by atoms with E-state index in [2.05, 4.69) is 98.9 Å². The first kappa shape index (κ1) is 29.5. The zero-order valence-corrected chi connectivity index (χ0v) is 27.5. The number of para-hydroxylation sites is 1. The molecule has 0 fully saturated rings. The second kappa shape index (κ2) is 12.3. The minimum absolute atomic E-state index is 0. The smallest absolute Gasteiger partial charge is 0.503 e. The number of nitrogens with zero attached hydrogens (tertiary/aromatic N) is 4. The molecule has 0 amide bonds. The molecule has 9 rings (SSSR count). The molecule has 5 aromatic carbocycles. The molecule has 5 nitrogen and oxygen atoms in total. The van der Waals surface area contributed by atoms with E-state index in [1.165, 1.54) is 11.1 Å². The van der Waals surface area contributed by atoms with Gasteiger partial charge < -0.3 is 13.7 Å². The topological polar surface area (TPSA) is 44.3 Å². The number of hydrogen-bond donors (Lipinski definition) is 0. The summed E-state index contributed by atoms with van der Waals surface area (Å²) in [6.07, 6.45) is 5.64. The van der Waals surface area contributed by atoms with Crippen LogP contribution >= 0.6 is 0 Å². The van der Waals surface area contributed by atoms with E-state index in [9.17, 15) is 0 Å². The van der Waals surface area contributed by atoms with Crippen LogP contribution in [0.25, 0.3) is 66.1 Å². The number of benzene rings is 5. The summed E-state index contributed by atoms with van der Waals surface area (Å²) in [5, 5.41) is 5.36. The Bertz CT molecular complexity index is 2480. The van der Waals surface area contributed by atoms with Crippen molar-refractivity contribution >= 4 is 49.1 Å². The summed E-state index contributed by atoms with van der Waals surface area (Å²) in [7, 11) is 0.